The van der Waals surface area contributed by atoms with E-state index in [2.05, 4.69) is 30.8 Å². The molecule has 0 unspecified atom stereocenters. The van der Waals surface area contributed by atoms with Crippen LogP contribution in [0.5, 0.6) is 5.75 Å². The maximum Gasteiger partial charge on any atom is 0.337 e. The van der Waals surface area contributed by atoms with Gasteiger partial charge in [-0.15, -0.1) is 0 Å². The molecule has 42 heavy (non-hydrogen) atoms. The van der Waals surface area contributed by atoms with Crippen molar-refractivity contribution in [1.82, 2.24) is 0 Å². The van der Waals surface area contributed by atoms with Crippen LogP contribution in [-0.4, -0.2) is 26.1 Å². The summed E-state index contributed by atoms with van der Waals surface area (Å²) < 4.78 is 36.2. The van der Waals surface area contributed by atoms with Crippen LogP contribution < -0.4 is 14.8 Å². The minimum atomic E-state index is -4.02. The van der Waals surface area contributed by atoms with E-state index in [1.165, 1.54) is 18.9 Å². The summed E-state index contributed by atoms with van der Waals surface area (Å²) in [5.41, 5.74) is 3.78. The van der Waals surface area contributed by atoms with Crippen molar-refractivity contribution in [2.45, 2.75) is 96.8 Å². The molecule has 0 heterocycles. The number of rotatable bonds is 15. The molecule has 7 nitrogen and oxygen atoms in total. The molecule has 0 fully saturated rings. The van der Waals surface area contributed by atoms with Gasteiger partial charge in [0.05, 0.1) is 22.8 Å². The summed E-state index contributed by atoms with van der Waals surface area (Å²) in [6, 6.07) is 15.8. The van der Waals surface area contributed by atoms with E-state index in [1.54, 1.807) is 12.1 Å². The number of ether oxygens (including phenoxy) is 1. The third kappa shape index (κ3) is 8.51. The summed E-state index contributed by atoms with van der Waals surface area (Å²) in [5.74, 6) is -0.207. The smallest absolute Gasteiger partial charge is 0.337 e. The van der Waals surface area contributed by atoms with Crippen molar-refractivity contribution in [3.8, 4) is 5.75 Å². The molecule has 0 atom stereocenters. The Morgan fingerprint density at radius 3 is 1.93 bits per heavy atom. The van der Waals surface area contributed by atoms with Crippen LogP contribution in [0.25, 0.3) is 0 Å². The Bertz CT molecular complexity index is 1430. The highest BCUT2D eigenvalue weighted by atomic mass is 32.2. The van der Waals surface area contributed by atoms with Gasteiger partial charge in [-0.3, -0.25) is 4.72 Å². The Morgan fingerprint density at radius 1 is 0.810 bits per heavy atom. The van der Waals surface area contributed by atoms with Crippen molar-refractivity contribution in [3.05, 3.63) is 76.9 Å². The Kier molecular flexibility index (Phi) is 11.5. The summed E-state index contributed by atoms with van der Waals surface area (Å²) in [6.45, 7) is 15.0. The monoisotopic (exact) mass is 594 g/mol. The average Bonchev–Trinajstić information content (AvgIpc) is 2.93. The number of carbonyl (C=O) groups is 1. The molecule has 3 aromatic rings. The van der Waals surface area contributed by atoms with Crippen LogP contribution in [0.3, 0.4) is 0 Å². The number of hydrogen-bond donors (Lipinski definition) is 3. The topological polar surface area (TPSA) is 105 Å². The number of aromatic carboxylic acids is 1. The third-order valence-corrected chi connectivity index (χ3v) is 8.76. The maximum absolute atomic E-state index is 13.9. The number of nitrogens with one attached hydrogen (secondary N) is 2. The highest BCUT2D eigenvalue weighted by Crippen LogP contribution is 2.36. The first-order valence-electron chi connectivity index (χ1n) is 14.9. The molecule has 0 aliphatic carbocycles. The average molecular weight is 595 g/mol. The van der Waals surface area contributed by atoms with Crippen LogP contribution in [0.2, 0.25) is 0 Å². The lowest BCUT2D eigenvalue weighted by atomic mass is 9.89. The normalized spacial score (nSPS) is 11.8. The molecule has 0 radical (unpaired) electrons. The minimum absolute atomic E-state index is 0.0215. The molecular formula is C34H46N2O5S. The number of sulfonamides is 1. The number of unbranched alkanes of at least 4 members (excludes halogenated alkanes) is 3. The molecular weight excluding hydrogens is 548 g/mol. The van der Waals surface area contributed by atoms with Crippen molar-refractivity contribution in [1.29, 1.82) is 0 Å². The van der Waals surface area contributed by atoms with Gasteiger partial charge in [-0.1, -0.05) is 79.9 Å². The summed E-state index contributed by atoms with van der Waals surface area (Å²) >= 11 is 0. The van der Waals surface area contributed by atoms with Crippen LogP contribution in [-0.2, 0) is 10.0 Å². The van der Waals surface area contributed by atoms with Gasteiger partial charge in [0.1, 0.15) is 5.75 Å². The molecule has 0 saturated heterocycles. The molecule has 228 valence electrons. The minimum Gasteiger partial charge on any atom is -0.494 e. The zero-order valence-electron chi connectivity index (χ0n) is 26.0. The molecule has 0 spiro atoms. The Hall–Kier alpha value is -3.52. The molecule has 0 saturated carbocycles. The second kappa shape index (κ2) is 14.6. The third-order valence-electron chi connectivity index (χ3n) is 7.25. The molecule has 0 amide bonds. The van der Waals surface area contributed by atoms with Gasteiger partial charge in [0.2, 0.25) is 0 Å². The van der Waals surface area contributed by atoms with Crippen LogP contribution >= 0.6 is 0 Å². The van der Waals surface area contributed by atoms with Crippen LogP contribution in [0, 0.1) is 0 Å². The zero-order chi connectivity index (χ0) is 31.0. The first kappa shape index (κ1) is 33.0. The van der Waals surface area contributed by atoms with E-state index in [0.29, 0.717) is 18.0 Å². The maximum atomic E-state index is 13.9. The van der Waals surface area contributed by atoms with Crippen LogP contribution in [0.1, 0.15) is 119 Å². The van der Waals surface area contributed by atoms with E-state index in [1.807, 2.05) is 64.1 Å². The van der Waals surface area contributed by atoms with Crippen molar-refractivity contribution < 1.29 is 23.1 Å². The fourth-order valence-corrected chi connectivity index (χ4v) is 6.56. The van der Waals surface area contributed by atoms with Crippen molar-refractivity contribution >= 4 is 33.1 Å². The van der Waals surface area contributed by atoms with E-state index in [9.17, 15) is 18.3 Å². The molecule has 3 rings (SSSR count). The largest absolute Gasteiger partial charge is 0.494 e. The fraction of sp³-hybridized carbons (Fsp3) is 0.441. The molecule has 0 aliphatic heterocycles. The highest BCUT2D eigenvalue weighted by molar-refractivity contribution is 7.92. The Morgan fingerprint density at radius 2 is 1.40 bits per heavy atom. The van der Waals surface area contributed by atoms with Gasteiger partial charge in [0, 0.05) is 11.4 Å². The van der Waals surface area contributed by atoms with E-state index in [4.69, 9.17) is 4.74 Å². The number of hydrogen-bond acceptors (Lipinski definition) is 5. The predicted octanol–water partition coefficient (Wildman–Crippen LogP) is 9.26. The van der Waals surface area contributed by atoms with Gasteiger partial charge in [0.25, 0.3) is 10.0 Å². The quantitative estimate of drug-likeness (QED) is 0.152. The van der Waals surface area contributed by atoms with Gasteiger partial charge < -0.3 is 15.2 Å². The molecule has 3 aromatic carbocycles. The molecule has 8 heteroatoms. The highest BCUT2D eigenvalue weighted by Gasteiger charge is 2.27. The molecule has 0 bridgehead atoms. The summed E-state index contributed by atoms with van der Waals surface area (Å²) in [6.07, 6.45) is 4.52. The number of benzene rings is 3. The Labute approximate surface area is 251 Å². The number of carboxylic acid groups (broad SMARTS) is 1. The summed E-state index contributed by atoms with van der Waals surface area (Å²) in [7, 11) is -4.02. The van der Waals surface area contributed by atoms with E-state index >= 15 is 0 Å². The van der Waals surface area contributed by atoms with E-state index < -0.39 is 16.0 Å². The van der Waals surface area contributed by atoms with Crippen LogP contribution in [0.4, 0.5) is 17.1 Å². The van der Waals surface area contributed by atoms with Crippen molar-refractivity contribution in [3.63, 3.8) is 0 Å². The second-order valence-electron chi connectivity index (χ2n) is 11.7. The predicted molar refractivity (Wildman–Crippen MR) is 172 cm³/mol. The lowest BCUT2D eigenvalue weighted by Crippen LogP contribution is -2.19. The van der Waals surface area contributed by atoms with Gasteiger partial charge in [0.15, 0.2) is 0 Å². The molecule has 0 aromatic heterocycles. The van der Waals surface area contributed by atoms with Crippen molar-refractivity contribution in [2.24, 2.45) is 0 Å². The SMILES string of the molecule is CCCCCCOc1ccc(Nc2ccc(NS(=O)(=O)c3c(C(C)C)cc(C(C)C)cc3C(C)C)cc2C(=O)O)cc1. The first-order valence-corrected chi connectivity index (χ1v) is 16.4. The van der Waals surface area contributed by atoms with Gasteiger partial charge in [-0.25, -0.2) is 13.2 Å². The lowest BCUT2D eigenvalue weighted by Gasteiger charge is -2.23. The lowest BCUT2D eigenvalue weighted by molar-refractivity contribution is 0.0698. The number of anilines is 3. The van der Waals surface area contributed by atoms with Crippen LogP contribution in [0.15, 0.2) is 59.5 Å². The number of carboxylic acids is 1. The molecule has 3 N–H and O–H groups in total. The van der Waals surface area contributed by atoms with E-state index in [-0.39, 0.29) is 33.9 Å². The summed E-state index contributed by atoms with van der Waals surface area (Å²) in [4.78, 5) is 12.5. The zero-order valence-corrected chi connectivity index (χ0v) is 26.8. The van der Waals surface area contributed by atoms with E-state index in [0.717, 1.165) is 35.3 Å². The van der Waals surface area contributed by atoms with Gasteiger partial charge in [-0.05, 0) is 83.3 Å². The van der Waals surface area contributed by atoms with Gasteiger partial charge >= 0.3 is 5.97 Å². The molecule has 0 aliphatic rings. The van der Waals surface area contributed by atoms with Gasteiger partial charge in [-0.2, -0.15) is 0 Å². The summed E-state index contributed by atoms with van der Waals surface area (Å²) in [5, 5.41) is 13.1. The second-order valence-corrected chi connectivity index (χ2v) is 13.3. The standard InChI is InChI=1S/C34H46N2O5S/c1-8-9-10-11-18-41-28-15-12-26(13-16-28)35-32-17-14-27(21-31(32)34(37)38)36-42(39,40)33-29(23(4)5)19-25(22(2)3)20-30(33)24(6)7/h12-17,19-24,35-36H,8-11,18H2,1-7H3,(H,37,38). The fourth-order valence-electron chi connectivity index (χ4n) is 4.81. The first-order chi connectivity index (χ1) is 19.8. The Balaban J connectivity index is 1.87. The van der Waals surface area contributed by atoms with Crippen molar-refractivity contribution in [2.75, 3.05) is 16.6 Å².